The molecule has 0 aromatic carbocycles. The zero-order chi connectivity index (χ0) is 18.8. The molecule has 0 radical (unpaired) electrons. The van der Waals surface area contributed by atoms with Crippen LogP contribution in [0.15, 0.2) is 17.0 Å². The Morgan fingerprint density at radius 1 is 1.44 bits per heavy atom. The van der Waals surface area contributed by atoms with E-state index in [9.17, 15) is 4.79 Å². The summed E-state index contributed by atoms with van der Waals surface area (Å²) >= 11 is 0. The minimum Gasteiger partial charge on any atom is -0.379 e. The Hall–Kier alpha value is -3.05. The van der Waals surface area contributed by atoms with Crippen LogP contribution in [0.4, 0.5) is 5.82 Å². The van der Waals surface area contributed by atoms with E-state index in [4.69, 9.17) is 10.5 Å². The van der Waals surface area contributed by atoms with Gasteiger partial charge in [0.2, 0.25) is 0 Å². The predicted molar refractivity (Wildman–Crippen MR) is 95.8 cm³/mol. The van der Waals surface area contributed by atoms with Crippen LogP contribution in [-0.4, -0.2) is 63.1 Å². The van der Waals surface area contributed by atoms with Gasteiger partial charge in [0.05, 0.1) is 30.0 Å². The van der Waals surface area contributed by atoms with Gasteiger partial charge in [-0.1, -0.05) is 0 Å². The lowest BCUT2D eigenvalue weighted by molar-refractivity contribution is 0.0287. The minimum absolute atomic E-state index is 0.0532. The maximum atomic E-state index is 12.8. The highest BCUT2D eigenvalue weighted by molar-refractivity contribution is 6.05. The SMILES string of the molecule is CCn1c(-c2nonc2N)nc2cncc(C(=O)NC[C@@H]3CNCCO3)c21. The average molecular weight is 372 g/mol. The Kier molecular flexibility index (Phi) is 4.69. The first-order valence-corrected chi connectivity index (χ1v) is 8.72. The molecular formula is C16H20N8O3. The zero-order valence-electron chi connectivity index (χ0n) is 14.8. The Labute approximate surface area is 154 Å². The number of fused-ring (bicyclic) bond motifs is 1. The highest BCUT2D eigenvalue weighted by Crippen LogP contribution is 2.28. The maximum Gasteiger partial charge on any atom is 0.255 e. The zero-order valence-corrected chi connectivity index (χ0v) is 14.8. The number of aryl methyl sites for hydroxylation is 1. The lowest BCUT2D eigenvalue weighted by Crippen LogP contribution is -2.45. The number of anilines is 1. The van der Waals surface area contributed by atoms with E-state index in [0.29, 0.717) is 54.4 Å². The molecule has 0 aliphatic carbocycles. The number of aromatic nitrogens is 5. The summed E-state index contributed by atoms with van der Waals surface area (Å²) in [6.45, 7) is 5.08. The first kappa shape index (κ1) is 17.4. The second-order valence-corrected chi connectivity index (χ2v) is 6.14. The van der Waals surface area contributed by atoms with Crippen LogP contribution >= 0.6 is 0 Å². The van der Waals surface area contributed by atoms with Gasteiger partial charge < -0.3 is 25.7 Å². The number of nitrogen functional groups attached to an aromatic ring is 1. The standard InChI is InChI=1S/C16H20N8O3/c1-2-24-13-10(16(25)20-6-9-5-18-3-4-26-9)7-19-8-11(13)21-15(24)12-14(17)23-27-22-12/h7-9,18H,2-6H2,1H3,(H2,17,23)(H,20,25)/t9-/m0/s1. The number of hydrogen-bond acceptors (Lipinski definition) is 9. The van der Waals surface area contributed by atoms with E-state index in [1.54, 1.807) is 6.20 Å². The van der Waals surface area contributed by atoms with Crippen molar-refractivity contribution in [1.29, 1.82) is 0 Å². The molecule has 1 atom stereocenters. The second kappa shape index (κ2) is 7.29. The van der Waals surface area contributed by atoms with Crippen molar-refractivity contribution in [3.05, 3.63) is 18.0 Å². The van der Waals surface area contributed by atoms with Crippen LogP contribution < -0.4 is 16.4 Å². The third-order valence-electron chi connectivity index (χ3n) is 4.43. The fraction of sp³-hybridized carbons (Fsp3) is 0.438. The number of amides is 1. The Morgan fingerprint density at radius 3 is 3.04 bits per heavy atom. The van der Waals surface area contributed by atoms with Crippen molar-refractivity contribution >= 4 is 22.8 Å². The Bertz CT molecular complexity index is 960. The molecule has 27 heavy (non-hydrogen) atoms. The molecule has 1 amide bonds. The molecule has 1 aliphatic rings. The molecule has 1 aliphatic heterocycles. The van der Waals surface area contributed by atoms with E-state index in [0.717, 1.165) is 6.54 Å². The first-order chi connectivity index (χ1) is 13.2. The van der Waals surface area contributed by atoms with Gasteiger partial charge in [-0.05, 0) is 17.2 Å². The number of pyridine rings is 1. The van der Waals surface area contributed by atoms with Crippen LogP contribution in [0.25, 0.3) is 22.6 Å². The Morgan fingerprint density at radius 2 is 2.33 bits per heavy atom. The van der Waals surface area contributed by atoms with Crippen LogP contribution in [-0.2, 0) is 11.3 Å². The van der Waals surface area contributed by atoms with Crippen LogP contribution in [0.3, 0.4) is 0 Å². The number of nitrogens with zero attached hydrogens (tertiary/aromatic N) is 5. The van der Waals surface area contributed by atoms with Gasteiger partial charge in [0.1, 0.15) is 5.52 Å². The van der Waals surface area contributed by atoms with E-state index in [-0.39, 0.29) is 17.8 Å². The number of rotatable bonds is 5. The topological polar surface area (TPSA) is 146 Å². The maximum absolute atomic E-state index is 12.8. The smallest absolute Gasteiger partial charge is 0.255 e. The van der Waals surface area contributed by atoms with Crippen molar-refractivity contribution in [3.8, 4) is 11.5 Å². The van der Waals surface area contributed by atoms with E-state index < -0.39 is 0 Å². The molecule has 11 heteroatoms. The molecule has 4 rings (SSSR count). The van der Waals surface area contributed by atoms with Gasteiger partial charge in [0, 0.05) is 32.4 Å². The summed E-state index contributed by atoms with van der Waals surface area (Å²) < 4.78 is 12.1. The van der Waals surface area contributed by atoms with Crippen molar-refractivity contribution in [2.45, 2.75) is 19.6 Å². The van der Waals surface area contributed by atoms with Gasteiger partial charge in [-0.15, -0.1) is 0 Å². The molecular weight excluding hydrogens is 352 g/mol. The third kappa shape index (κ3) is 3.22. The van der Waals surface area contributed by atoms with Crippen molar-refractivity contribution in [1.82, 2.24) is 35.5 Å². The van der Waals surface area contributed by atoms with Gasteiger partial charge in [-0.3, -0.25) is 9.78 Å². The fourth-order valence-corrected chi connectivity index (χ4v) is 3.15. The molecule has 3 aromatic heterocycles. The Balaban J connectivity index is 1.67. The second-order valence-electron chi connectivity index (χ2n) is 6.14. The number of carbonyl (C=O) groups excluding carboxylic acids is 1. The van der Waals surface area contributed by atoms with Crippen LogP contribution in [0.1, 0.15) is 17.3 Å². The predicted octanol–water partition coefficient (Wildman–Crippen LogP) is -0.198. The van der Waals surface area contributed by atoms with Crippen molar-refractivity contribution < 1.29 is 14.2 Å². The normalized spacial score (nSPS) is 17.3. The van der Waals surface area contributed by atoms with Gasteiger partial charge in [0.25, 0.3) is 5.91 Å². The van der Waals surface area contributed by atoms with Gasteiger partial charge in [0.15, 0.2) is 17.3 Å². The summed E-state index contributed by atoms with van der Waals surface area (Å²) in [4.78, 5) is 21.5. The molecule has 4 heterocycles. The fourth-order valence-electron chi connectivity index (χ4n) is 3.15. The number of nitrogens with one attached hydrogen (secondary N) is 2. The van der Waals surface area contributed by atoms with Crippen LogP contribution in [0, 0.1) is 0 Å². The number of ether oxygens (including phenoxy) is 1. The monoisotopic (exact) mass is 372 g/mol. The molecule has 11 nitrogen and oxygen atoms in total. The first-order valence-electron chi connectivity index (χ1n) is 8.72. The van der Waals surface area contributed by atoms with Crippen molar-refractivity contribution in [2.75, 3.05) is 32.0 Å². The third-order valence-corrected chi connectivity index (χ3v) is 4.43. The van der Waals surface area contributed by atoms with Gasteiger partial charge in [-0.2, -0.15) is 0 Å². The number of hydrogen-bond donors (Lipinski definition) is 3. The molecule has 3 aromatic rings. The van der Waals surface area contributed by atoms with Crippen molar-refractivity contribution in [2.24, 2.45) is 0 Å². The van der Waals surface area contributed by atoms with Crippen LogP contribution in [0.2, 0.25) is 0 Å². The van der Waals surface area contributed by atoms with E-state index in [1.807, 2.05) is 11.5 Å². The van der Waals surface area contributed by atoms with E-state index >= 15 is 0 Å². The minimum atomic E-state index is -0.241. The van der Waals surface area contributed by atoms with Crippen LogP contribution in [0.5, 0.6) is 0 Å². The lowest BCUT2D eigenvalue weighted by Gasteiger charge is -2.23. The molecule has 4 N–H and O–H groups in total. The summed E-state index contributed by atoms with van der Waals surface area (Å²) in [6.07, 6.45) is 3.07. The summed E-state index contributed by atoms with van der Waals surface area (Å²) in [5.74, 6) is 0.378. The van der Waals surface area contributed by atoms with Crippen molar-refractivity contribution in [3.63, 3.8) is 0 Å². The number of imidazole rings is 1. The molecule has 1 fully saturated rings. The van der Waals surface area contributed by atoms with E-state index in [2.05, 4.69) is 35.5 Å². The molecule has 0 unspecified atom stereocenters. The molecule has 0 saturated carbocycles. The van der Waals surface area contributed by atoms with Gasteiger partial charge in [-0.25, -0.2) is 9.61 Å². The lowest BCUT2D eigenvalue weighted by atomic mass is 10.2. The molecule has 1 saturated heterocycles. The largest absolute Gasteiger partial charge is 0.379 e. The highest BCUT2D eigenvalue weighted by atomic mass is 16.6. The summed E-state index contributed by atoms with van der Waals surface area (Å²) in [6, 6.07) is 0. The van der Waals surface area contributed by atoms with E-state index in [1.165, 1.54) is 6.20 Å². The number of morpholine rings is 1. The highest BCUT2D eigenvalue weighted by Gasteiger charge is 2.23. The number of carbonyl (C=O) groups is 1. The summed E-state index contributed by atoms with van der Waals surface area (Å²) in [5, 5.41) is 13.6. The summed E-state index contributed by atoms with van der Waals surface area (Å²) in [7, 11) is 0. The summed E-state index contributed by atoms with van der Waals surface area (Å²) in [5.41, 5.74) is 7.79. The molecule has 0 spiro atoms. The molecule has 0 bridgehead atoms. The quantitative estimate of drug-likeness (QED) is 0.554. The van der Waals surface area contributed by atoms with Gasteiger partial charge >= 0.3 is 0 Å². The molecule has 142 valence electrons. The number of nitrogens with two attached hydrogens (primary N) is 1. The average Bonchev–Trinajstić information content (AvgIpc) is 3.29.